The molecule has 5 heteroatoms. The predicted octanol–water partition coefficient (Wildman–Crippen LogP) is 2.65. The van der Waals surface area contributed by atoms with Crippen molar-refractivity contribution >= 4 is 16.9 Å². The summed E-state index contributed by atoms with van der Waals surface area (Å²) in [6, 6.07) is 9.71. The molecule has 1 N–H and O–H groups in total. The fourth-order valence-electron chi connectivity index (χ4n) is 2.97. The second-order valence-electron chi connectivity index (χ2n) is 6.97. The lowest BCUT2D eigenvalue weighted by Gasteiger charge is -2.27. The zero-order valence-corrected chi connectivity index (χ0v) is 14.6. The van der Waals surface area contributed by atoms with Crippen molar-refractivity contribution in [1.29, 1.82) is 0 Å². The highest BCUT2D eigenvalue weighted by Gasteiger charge is 2.31. The van der Waals surface area contributed by atoms with E-state index in [9.17, 15) is 9.90 Å². The maximum Gasteiger partial charge on any atom is 0.237 e. The van der Waals surface area contributed by atoms with Gasteiger partial charge in [0, 0.05) is 19.0 Å². The number of aliphatic hydroxyl groups excluding tert-OH is 1. The monoisotopic (exact) mass is 330 g/mol. The molecule has 5 nitrogen and oxygen atoms in total. The lowest BCUT2D eigenvalue weighted by Crippen LogP contribution is -2.40. The quantitative estimate of drug-likeness (QED) is 0.848. The van der Waals surface area contributed by atoms with Crippen LogP contribution in [0.2, 0.25) is 0 Å². The number of amides is 1. The molecule has 0 aliphatic heterocycles. The summed E-state index contributed by atoms with van der Waals surface area (Å²) < 4.78 is 5.86. The number of hydrogen-bond donors (Lipinski definition) is 1. The highest BCUT2D eigenvalue weighted by Crippen LogP contribution is 2.32. The Hall–Kier alpha value is -1.85. The van der Waals surface area contributed by atoms with Gasteiger partial charge in [0.25, 0.3) is 0 Å². The molecule has 0 saturated heterocycles. The lowest BCUT2D eigenvalue weighted by atomic mass is 10.2. The van der Waals surface area contributed by atoms with Gasteiger partial charge in [0.15, 0.2) is 0 Å². The Bertz CT molecular complexity index is 674. The minimum Gasteiger partial charge on any atom is -0.459 e. The van der Waals surface area contributed by atoms with Crippen molar-refractivity contribution in [3.8, 4) is 0 Å². The first kappa shape index (κ1) is 17.0. The van der Waals surface area contributed by atoms with Crippen LogP contribution in [0.4, 0.5) is 0 Å². The first-order valence-electron chi connectivity index (χ1n) is 8.56. The zero-order valence-electron chi connectivity index (χ0n) is 14.6. The Kier molecular flexibility index (Phi) is 4.92. The fourth-order valence-corrected chi connectivity index (χ4v) is 2.97. The predicted molar refractivity (Wildman–Crippen MR) is 93.6 cm³/mol. The number of para-hydroxylation sites is 1. The summed E-state index contributed by atoms with van der Waals surface area (Å²) in [5.41, 5.74) is 0.838. The number of hydrogen-bond acceptors (Lipinski definition) is 4. The summed E-state index contributed by atoms with van der Waals surface area (Å²) >= 11 is 0. The van der Waals surface area contributed by atoms with E-state index in [1.165, 1.54) is 0 Å². The molecule has 0 spiro atoms. The molecule has 1 aromatic heterocycles. The number of benzene rings is 1. The van der Waals surface area contributed by atoms with Crippen LogP contribution >= 0.6 is 0 Å². The molecule has 1 heterocycles. The zero-order chi connectivity index (χ0) is 17.3. The molecule has 1 fully saturated rings. The number of furan rings is 1. The number of nitrogens with zero attached hydrogens (tertiary/aromatic N) is 2. The third-order valence-corrected chi connectivity index (χ3v) is 4.90. The van der Waals surface area contributed by atoms with Gasteiger partial charge in [-0.05, 0) is 44.9 Å². The van der Waals surface area contributed by atoms with Gasteiger partial charge in [-0.1, -0.05) is 18.2 Å². The minimum absolute atomic E-state index is 0.0217. The number of aliphatic hydroxyl groups is 1. The standard InChI is InChI=1S/C19H26N2O3/c1-13(18-10-15-6-4-5-7-17(15)24-18)21(3)19(23)12-20(2)11-16(22)14-8-9-14/h4-7,10,13-14,16,22H,8-9,11-12H2,1-3H3. The Labute approximate surface area is 142 Å². The third-order valence-electron chi connectivity index (χ3n) is 4.90. The fraction of sp³-hybridized carbons (Fsp3) is 0.526. The largest absolute Gasteiger partial charge is 0.459 e. The average molecular weight is 330 g/mol. The van der Waals surface area contributed by atoms with Crippen LogP contribution in [0.5, 0.6) is 0 Å². The van der Waals surface area contributed by atoms with Crippen LogP contribution < -0.4 is 0 Å². The van der Waals surface area contributed by atoms with Gasteiger partial charge in [-0.2, -0.15) is 0 Å². The summed E-state index contributed by atoms with van der Waals surface area (Å²) in [6.45, 7) is 2.81. The molecule has 0 radical (unpaired) electrons. The van der Waals surface area contributed by atoms with Crippen molar-refractivity contribution < 1.29 is 14.3 Å². The van der Waals surface area contributed by atoms with E-state index < -0.39 is 0 Å². The minimum atomic E-state index is -0.319. The normalized spacial score (nSPS) is 17.2. The molecule has 1 aliphatic rings. The molecule has 3 rings (SSSR count). The number of carbonyl (C=O) groups is 1. The molecule has 1 aromatic carbocycles. The Morgan fingerprint density at radius 1 is 1.33 bits per heavy atom. The number of rotatable bonds is 7. The number of carbonyl (C=O) groups excluding carboxylic acids is 1. The summed E-state index contributed by atoms with van der Waals surface area (Å²) in [6.07, 6.45) is 1.89. The van der Waals surface area contributed by atoms with Crippen molar-refractivity contribution in [2.24, 2.45) is 5.92 Å². The molecule has 1 amide bonds. The van der Waals surface area contributed by atoms with Gasteiger partial charge in [-0.25, -0.2) is 0 Å². The van der Waals surface area contributed by atoms with E-state index in [0.717, 1.165) is 29.6 Å². The van der Waals surface area contributed by atoms with Gasteiger partial charge in [0.1, 0.15) is 11.3 Å². The van der Waals surface area contributed by atoms with E-state index in [4.69, 9.17) is 4.42 Å². The summed E-state index contributed by atoms with van der Waals surface area (Å²) in [5.74, 6) is 1.23. The van der Waals surface area contributed by atoms with E-state index in [1.807, 2.05) is 49.2 Å². The van der Waals surface area contributed by atoms with Crippen molar-refractivity contribution in [3.63, 3.8) is 0 Å². The highest BCUT2D eigenvalue weighted by molar-refractivity contribution is 5.80. The molecular formula is C19H26N2O3. The molecule has 0 bridgehead atoms. The van der Waals surface area contributed by atoms with E-state index in [-0.39, 0.29) is 18.1 Å². The Morgan fingerprint density at radius 3 is 2.71 bits per heavy atom. The van der Waals surface area contributed by atoms with Crippen LogP contribution in [0, 0.1) is 5.92 Å². The second kappa shape index (κ2) is 6.95. The molecule has 1 saturated carbocycles. The van der Waals surface area contributed by atoms with Crippen LogP contribution in [0.3, 0.4) is 0 Å². The van der Waals surface area contributed by atoms with Gasteiger partial charge in [0.05, 0.1) is 18.7 Å². The van der Waals surface area contributed by atoms with Gasteiger partial charge >= 0.3 is 0 Å². The van der Waals surface area contributed by atoms with Crippen molar-refractivity contribution in [1.82, 2.24) is 9.80 Å². The number of fused-ring (bicyclic) bond motifs is 1. The van der Waals surface area contributed by atoms with Crippen molar-refractivity contribution in [2.45, 2.75) is 31.9 Å². The molecule has 24 heavy (non-hydrogen) atoms. The van der Waals surface area contributed by atoms with Gasteiger partial charge < -0.3 is 14.4 Å². The Morgan fingerprint density at radius 2 is 2.04 bits per heavy atom. The van der Waals surface area contributed by atoms with Gasteiger partial charge in [-0.15, -0.1) is 0 Å². The van der Waals surface area contributed by atoms with E-state index >= 15 is 0 Å². The maximum absolute atomic E-state index is 12.5. The highest BCUT2D eigenvalue weighted by atomic mass is 16.3. The van der Waals surface area contributed by atoms with Crippen LogP contribution in [-0.2, 0) is 4.79 Å². The van der Waals surface area contributed by atoms with E-state index in [1.54, 1.807) is 11.9 Å². The second-order valence-corrected chi connectivity index (χ2v) is 6.97. The van der Waals surface area contributed by atoms with Gasteiger partial charge in [-0.3, -0.25) is 9.69 Å². The average Bonchev–Trinajstić information content (AvgIpc) is 3.32. The SMILES string of the molecule is CC(c1cc2ccccc2o1)N(C)C(=O)CN(C)CC(O)C1CC1. The molecule has 2 atom stereocenters. The molecule has 2 unspecified atom stereocenters. The first-order valence-corrected chi connectivity index (χ1v) is 8.56. The molecule has 1 aliphatic carbocycles. The van der Waals surface area contributed by atoms with Gasteiger partial charge in [0.2, 0.25) is 5.91 Å². The summed E-state index contributed by atoms with van der Waals surface area (Å²) in [4.78, 5) is 16.1. The third kappa shape index (κ3) is 3.79. The molecule has 130 valence electrons. The topological polar surface area (TPSA) is 56.9 Å². The maximum atomic E-state index is 12.5. The van der Waals surface area contributed by atoms with Crippen LogP contribution in [-0.4, -0.2) is 54.1 Å². The summed E-state index contributed by atoms with van der Waals surface area (Å²) in [7, 11) is 3.68. The van der Waals surface area contributed by atoms with Crippen molar-refractivity contribution in [2.75, 3.05) is 27.2 Å². The number of likely N-dealkylation sites (N-methyl/N-ethyl adjacent to an activating group) is 2. The van der Waals surface area contributed by atoms with E-state index in [0.29, 0.717) is 19.0 Å². The first-order chi connectivity index (χ1) is 11.5. The molecular weight excluding hydrogens is 304 g/mol. The lowest BCUT2D eigenvalue weighted by molar-refractivity contribution is -0.133. The van der Waals surface area contributed by atoms with Crippen LogP contribution in [0.15, 0.2) is 34.7 Å². The van der Waals surface area contributed by atoms with E-state index in [2.05, 4.69) is 0 Å². The summed E-state index contributed by atoms with van der Waals surface area (Å²) in [5, 5.41) is 11.0. The van der Waals surface area contributed by atoms with Crippen LogP contribution in [0.25, 0.3) is 11.0 Å². The Balaban J connectivity index is 1.59. The smallest absolute Gasteiger partial charge is 0.237 e. The van der Waals surface area contributed by atoms with Crippen LogP contribution in [0.1, 0.15) is 31.6 Å². The molecule has 2 aromatic rings. The van der Waals surface area contributed by atoms with Crippen molar-refractivity contribution in [3.05, 3.63) is 36.1 Å².